The Morgan fingerprint density at radius 3 is 2.85 bits per heavy atom. The first kappa shape index (κ1) is 9.73. The summed E-state index contributed by atoms with van der Waals surface area (Å²) < 4.78 is 0. The highest BCUT2D eigenvalue weighted by molar-refractivity contribution is 5.77. The minimum absolute atomic E-state index is 0.0336. The minimum atomic E-state index is -0.377. The van der Waals surface area contributed by atoms with Crippen LogP contribution in [0.25, 0.3) is 0 Å². The number of H-pyrrole nitrogens is 1. The largest absolute Gasteiger partial charge is 0.369 e. The molecule has 2 unspecified atom stereocenters. The number of primary amides is 1. The van der Waals surface area contributed by atoms with Crippen molar-refractivity contribution in [2.75, 3.05) is 6.54 Å². The van der Waals surface area contributed by atoms with Crippen molar-refractivity contribution in [2.24, 2.45) is 17.4 Å². The third-order valence-corrected chi connectivity index (χ3v) is 2.21. The highest BCUT2D eigenvalue weighted by Gasteiger charge is 2.23. The van der Waals surface area contributed by atoms with E-state index >= 15 is 0 Å². The molecule has 1 rings (SSSR count). The molecule has 13 heavy (non-hydrogen) atoms. The van der Waals surface area contributed by atoms with E-state index in [1.54, 1.807) is 12.5 Å². The summed E-state index contributed by atoms with van der Waals surface area (Å²) in [5.41, 5.74) is 11.5. The van der Waals surface area contributed by atoms with Crippen LogP contribution >= 0.6 is 0 Å². The number of nitrogens with zero attached hydrogens (tertiary/aromatic N) is 1. The second-order valence-corrected chi connectivity index (χ2v) is 3.03. The Morgan fingerprint density at radius 1 is 1.77 bits per heavy atom. The molecule has 5 heteroatoms. The Labute approximate surface area is 76.5 Å². The zero-order chi connectivity index (χ0) is 9.84. The smallest absolute Gasteiger partial charge is 0.222 e. The highest BCUT2D eigenvalue weighted by atomic mass is 16.1. The number of nitrogens with one attached hydrogen (secondary N) is 1. The summed E-state index contributed by atoms with van der Waals surface area (Å²) in [6.07, 6.45) is 3.32. The van der Waals surface area contributed by atoms with E-state index in [1.165, 1.54) is 0 Å². The monoisotopic (exact) mass is 182 g/mol. The van der Waals surface area contributed by atoms with Crippen molar-refractivity contribution in [3.8, 4) is 0 Å². The maximum Gasteiger partial charge on any atom is 0.222 e. The van der Waals surface area contributed by atoms with E-state index in [1.807, 2.05) is 6.92 Å². The van der Waals surface area contributed by atoms with Gasteiger partial charge in [0.05, 0.1) is 17.9 Å². The molecule has 1 amide bonds. The van der Waals surface area contributed by atoms with Crippen molar-refractivity contribution in [2.45, 2.75) is 12.8 Å². The average molecular weight is 182 g/mol. The molecule has 0 saturated heterocycles. The minimum Gasteiger partial charge on any atom is -0.369 e. The van der Waals surface area contributed by atoms with Crippen LogP contribution in [-0.4, -0.2) is 22.4 Å². The number of hydrogen-bond donors (Lipinski definition) is 3. The number of aromatic amines is 1. The number of carbonyl (C=O) groups is 1. The number of aromatic nitrogens is 2. The molecule has 0 aliphatic carbocycles. The molecule has 0 bridgehead atoms. The van der Waals surface area contributed by atoms with Crippen LogP contribution in [0.15, 0.2) is 12.5 Å². The van der Waals surface area contributed by atoms with Crippen LogP contribution < -0.4 is 11.5 Å². The number of imidazole rings is 1. The van der Waals surface area contributed by atoms with Crippen molar-refractivity contribution >= 4 is 5.91 Å². The lowest BCUT2D eigenvalue weighted by atomic mass is 9.91. The van der Waals surface area contributed by atoms with Gasteiger partial charge in [0, 0.05) is 18.7 Å². The first-order valence-electron chi connectivity index (χ1n) is 4.15. The molecule has 0 spiro atoms. The van der Waals surface area contributed by atoms with Crippen molar-refractivity contribution in [1.29, 1.82) is 0 Å². The zero-order valence-electron chi connectivity index (χ0n) is 7.53. The van der Waals surface area contributed by atoms with Gasteiger partial charge >= 0.3 is 0 Å². The molecule has 0 aliphatic rings. The van der Waals surface area contributed by atoms with E-state index < -0.39 is 0 Å². The number of nitrogens with two attached hydrogens (primary N) is 2. The van der Waals surface area contributed by atoms with Gasteiger partial charge in [0.1, 0.15) is 0 Å². The summed E-state index contributed by atoms with van der Waals surface area (Å²) in [6.45, 7) is 2.14. The van der Waals surface area contributed by atoms with Crippen LogP contribution in [0, 0.1) is 5.92 Å². The second-order valence-electron chi connectivity index (χ2n) is 3.03. The van der Waals surface area contributed by atoms with E-state index in [4.69, 9.17) is 11.5 Å². The van der Waals surface area contributed by atoms with Crippen LogP contribution in [0.2, 0.25) is 0 Å². The Bertz CT molecular complexity index is 270. The summed E-state index contributed by atoms with van der Waals surface area (Å²) in [5, 5.41) is 0. The van der Waals surface area contributed by atoms with E-state index in [-0.39, 0.29) is 24.3 Å². The summed E-state index contributed by atoms with van der Waals surface area (Å²) in [7, 11) is 0. The molecule has 1 heterocycles. The van der Waals surface area contributed by atoms with E-state index in [2.05, 4.69) is 9.97 Å². The van der Waals surface area contributed by atoms with Crippen molar-refractivity contribution in [3.05, 3.63) is 18.2 Å². The van der Waals surface area contributed by atoms with E-state index in [0.29, 0.717) is 0 Å². The molecule has 1 aromatic rings. The number of carbonyl (C=O) groups excluding carboxylic acids is 1. The van der Waals surface area contributed by atoms with Crippen LogP contribution in [0.5, 0.6) is 0 Å². The van der Waals surface area contributed by atoms with E-state index in [0.717, 1.165) is 5.69 Å². The summed E-state index contributed by atoms with van der Waals surface area (Å²) in [5.74, 6) is -0.755. The molecule has 0 saturated carbocycles. The lowest BCUT2D eigenvalue weighted by Gasteiger charge is -2.16. The van der Waals surface area contributed by atoms with E-state index in [9.17, 15) is 4.79 Å². The molecule has 0 aliphatic heterocycles. The molecule has 0 radical (unpaired) electrons. The van der Waals surface area contributed by atoms with Gasteiger partial charge in [0.2, 0.25) is 5.91 Å². The predicted molar refractivity (Wildman–Crippen MR) is 48.7 cm³/mol. The number of amides is 1. The normalized spacial score (nSPS) is 15.2. The fraction of sp³-hybridized carbons (Fsp3) is 0.500. The maximum atomic E-state index is 11.0. The fourth-order valence-corrected chi connectivity index (χ4v) is 1.29. The van der Waals surface area contributed by atoms with Gasteiger partial charge in [-0.2, -0.15) is 0 Å². The number of rotatable bonds is 4. The average Bonchev–Trinajstić information content (AvgIpc) is 2.56. The van der Waals surface area contributed by atoms with Gasteiger partial charge in [-0.15, -0.1) is 0 Å². The molecule has 0 aromatic carbocycles. The van der Waals surface area contributed by atoms with Gasteiger partial charge in [-0.1, -0.05) is 6.92 Å². The van der Waals surface area contributed by atoms with Gasteiger partial charge in [-0.3, -0.25) is 4.79 Å². The van der Waals surface area contributed by atoms with Crippen LogP contribution in [0.1, 0.15) is 18.5 Å². The molecule has 2 atom stereocenters. The Balaban J connectivity index is 2.76. The Morgan fingerprint density at radius 2 is 2.46 bits per heavy atom. The first-order valence-corrected chi connectivity index (χ1v) is 4.15. The van der Waals surface area contributed by atoms with Gasteiger partial charge in [0.25, 0.3) is 0 Å². The first-order chi connectivity index (χ1) is 6.16. The quantitative estimate of drug-likeness (QED) is 0.589. The van der Waals surface area contributed by atoms with Crippen LogP contribution in [0.4, 0.5) is 0 Å². The lowest BCUT2D eigenvalue weighted by molar-refractivity contribution is -0.122. The molecule has 0 fully saturated rings. The van der Waals surface area contributed by atoms with Gasteiger partial charge in [-0.05, 0) is 0 Å². The number of hydrogen-bond acceptors (Lipinski definition) is 3. The zero-order valence-corrected chi connectivity index (χ0v) is 7.53. The third-order valence-electron chi connectivity index (χ3n) is 2.21. The highest BCUT2D eigenvalue weighted by Crippen LogP contribution is 2.20. The van der Waals surface area contributed by atoms with Crippen LogP contribution in [-0.2, 0) is 4.79 Å². The predicted octanol–water partition coefficient (Wildman–Crippen LogP) is -0.427. The maximum absolute atomic E-state index is 11.0. The second kappa shape index (κ2) is 4.04. The lowest BCUT2D eigenvalue weighted by Crippen LogP contribution is -2.33. The molecular formula is C8H14N4O. The molecular weight excluding hydrogens is 168 g/mol. The molecule has 1 aromatic heterocycles. The van der Waals surface area contributed by atoms with Crippen molar-refractivity contribution in [3.63, 3.8) is 0 Å². The van der Waals surface area contributed by atoms with Crippen LogP contribution in [0.3, 0.4) is 0 Å². The summed E-state index contributed by atoms with van der Waals surface area (Å²) in [4.78, 5) is 17.8. The molecule has 5 N–H and O–H groups in total. The summed E-state index contributed by atoms with van der Waals surface area (Å²) in [6, 6.07) is 0. The van der Waals surface area contributed by atoms with Gasteiger partial charge in [0.15, 0.2) is 0 Å². The third kappa shape index (κ3) is 2.06. The topological polar surface area (TPSA) is 97.8 Å². The fourth-order valence-electron chi connectivity index (χ4n) is 1.29. The Kier molecular flexibility index (Phi) is 3.02. The molecule has 72 valence electrons. The van der Waals surface area contributed by atoms with Crippen molar-refractivity contribution in [1.82, 2.24) is 9.97 Å². The standard InChI is InChI=1S/C8H14N4O/c1-5(6(2-9)8(10)13)7-3-11-4-12-7/h3-6H,2,9H2,1H3,(H2,10,13)(H,11,12). The van der Waals surface area contributed by atoms with Gasteiger partial charge < -0.3 is 16.5 Å². The molecule has 5 nitrogen and oxygen atoms in total. The van der Waals surface area contributed by atoms with Gasteiger partial charge in [-0.25, -0.2) is 4.98 Å². The van der Waals surface area contributed by atoms with Crippen molar-refractivity contribution < 1.29 is 4.79 Å². The summed E-state index contributed by atoms with van der Waals surface area (Å²) >= 11 is 0. The SMILES string of the molecule is CC(c1c[nH]cn1)C(CN)C(N)=O. The Hall–Kier alpha value is -1.36.